The van der Waals surface area contributed by atoms with Crippen LogP contribution in [0, 0.1) is 0 Å². The molecule has 7 nitrogen and oxygen atoms in total. The fraction of sp³-hybridized carbons (Fsp3) is 0.462. The van der Waals surface area contributed by atoms with Gasteiger partial charge >= 0.3 is 0 Å². The predicted octanol–water partition coefficient (Wildman–Crippen LogP) is 1.08. The van der Waals surface area contributed by atoms with Gasteiger partial charge in [0.25, 0.3) is 10.0 Å². The van der Waals surface area contributed by atoms with E-state index in [0.717, 1.165) is 0 Å². The van der Waals surface area contributed by atoms with Gasteiger partial charge in [0.05, 0.1) is 12.1 Å². The lowest BCUT2D eigenvalue weighted by Crippen LogP contribution is -2.47. The maximum absolute atomic E-state index is 12.7. The summed E-state index contributed by atoms with van der Waals surface area (Å²) in [4.78, 5) is 4.27. The summed E-state index contributed by atoms with van der Waals surface area (Å²) in [6, 6.07) is 5.31. The third-order valence-corrected chi connectivity index (χ3v) is 4.61. The molecule has 0 bridgehead atoms. The van der Waals surface area contributed by atoms with Crippen LogP contribution < -0.4 is 10.0 Å². The Morgan fingerprint density at radius 1 is 1.38 bits per heavy atom. The number of hydrogen-bond donors (Lipinski definition) is 2. The van der Waals surface area contributed by atoms with Crippen LogP contribution in [0.25, 0.3) is 5.65 Å². The van der Waals surface area contributed by atoms with Gasteiger partial charge < -0.3 is 10.1 Å². The SMILES string of the molecule is CNc1nc2ccccn2c1S(=O)(=O)NC(C)(C)COC. The number of aromatic nitrogens is 2. The van der Waals surface area contributed by atoms with Crippen molar-refractivity contribution in [3.05, 3.63) is 24.4 Å². The van der Waals surface area contributed by atoms with Crippen molar-refractivity contribution in [2.75, 3.05) is 26.1 Å². The van der Waals surface area contributed by atoms with Crippen molar-refractivity contribution in [2.24, 2.45) is 0 Å². The Morgan fingerprint density at radius 3 is 2.71 bits per heavy atom. The topological polar surface area (TPSA) is 84.7 Å². The first-order valence-corrected chi connectivity index (χ1v) is 7.97. The van der Waals surface area contributed by atoms with Gasteiger partial charge in [0.2, 0.25) is 0 Å². The van der Waals surface area contributed by atoms with Crippen LogP contribution in [-0.2, 0) is 14.8 Å². The number of sulfonamides is 1. The Labute approximate surface area is 124 Å². The molecule has 0 saturated carbocycles. The third-order valence-electron chi connectivity index (χ3n) is 2.89. The molecule has 21 heavy (non-hydrogen) atoms. The summed E-state index contributed by atoms with van der Waals surface area (Å²) in [6.07, 6.45) is 1.67. The average molecular weight is 312 g/mol. The van der Waals surface area contributed by atoms with E-state index in [1.807, 2.05) is 0 Å². The van der Waals surface area contributed by atoms with E-state index in [2.05, 4.69) is 15.0 Å². The standard InChI is InChI=1S/C13H20N4O3S/c1-13(2,9-20-4)16-21(18,19)12-11(14-3)15-10-7-5-6-8-17(10)12/h5-8,14,16H,9H2,1-4H3. The van der Waals surface area contributed by atoms with E-state index in [1.165, 1.54) is 11.5 Å². The number of rotatable bonds is 6. The molecule has 0 aliphatic carbocycles. The Morgan fingerprint density at radius 2 is 2.10 bits per heavy atom. The molecule has 2 aromatic rings. The average Bonchev–Trinajstić information content (AvgIpc) is 2.76. The molecule has 0 amide bonds. The van der Waals surface area contributed by atoms with Crippen LogP contribution in [0.1, 0.15) is 13.8 Å². The summed E-state index contributed by atoms with van der Waals surface area (Å²) in [5.41, 5.74) is -0.163. The molecule has 0 radical (unpaired) electrons. The van der Waals surface area contributed by atoms with Gasteiger partial charge in [-0.3, -0.25) is 4.40 Å². The van der Waals surface area contributed by atoms with Crippen molar-refractivity contribution >= 4 is 21.5 Å². The van der Waals surface area contributed by atoms with Crippen molar-refractivity contribution < 1.29 is 13.2 Å². The van der Waals surface area contributed by atoms with E-state index in [-0.39, 0.29) is 11.6 Å². The molecule has 0 fully saturated rings. The first kappa shape index (κ1) is 15.7. The first-order chi connectivity index (χ1) is 9.80. The highest BCUT2D eigenvalue weighted by atomic mass is 32.2. The third kappa shape index (κ3) is 3.17. The fourth-order valence-corrected chi connectivity index (χ4v) is 3.89. The lowest BCUT2D eigenvalue weighted by molar-refractivity contribution is 0.141. The molecule has 2 rings (SSSR count). The molecule has 0 aliphatic rings. The van der Waals surface area contributed by atoms with Crippen LogP contribution in [0.3, 0.4) is 0 Å². The minimum Gasteiger partial charge on any atom is -0.383 e. The lowest BCUT2D eigenvalue weighted by atomic mass is 10.1. The van der Waals surface area contributed by atoms with Crippen molar-refractivity contribution in [3.63, 3.8) is 0 Å². The van der Waals surface area contributed by atoms with Crippen LogP contribution in [-0.4, -0.2) is 44.1 Å². The number of ether oxygens (including phenoxy) is 1. The van der Waals surface area contributed by atoms with Crippen molar-refractivity contribution in [1.29, 1.82) is 0 Å². The molecule has 116 valence electrons. The van der Waals surface area contributed by atoms with Crippen molar-refractivity contribution in [1.82, 2.24) is 14.1 Å². The van der Waals surface area contributed by atoms with Gasteiger partial charge in [-0.05, 0) is 26.0 Å². The van der Waals surface area contributed by atoms with Gasteiger partial charge in [-0.1, -0.05) is 6.07 Å². The highest BCUT2D eigenvalue weighted by Gasteiger charge is 2.31. The van der Waals surface area contributed by atoms with Gasteiger partial charge in [-0.2, -0.15) is 0 Å². The summed E-state index contributed by atoms with van der Waals surface area (Å²) in [5.74, 6) is 0.307. The summed E-state index contributed by atoms with van der Waals surface area (Å²) in [6.45, 7) is 3.78. The predicted molar refractivity (Wildman–Crippen MR) is 81.0 cm³/mol. The smallest absolute Gasteiger partial charge is 0.260 e. The summed E-state index contributed by atoms with van der Waals surface area (Å²) < 4.78 is 34.7. The number of anilines is 1. The van der Waals surface area contributed by atoms with E-state index < -0.39 is 15.6 Å². The number of nitrogens with one attached hydrogen (secondary N) is 2. The second-order valence-corrected chi connectivity index (χ2v) is 6.96. The molecule has 0 spiro atoms. The molecule has 0 aromatic carbocycles. The molecular formula is C13H20N4O3S. The number of methoxy groups -OCH3 is 1. The monoisotopic (exact) mass is 312 g/mol. The molecule has 8 heteroatoms. The molecular weight excluding hydrogens is 292 g/mol. The van der Waals surface area contributed by atoms with Crippen LogP contribution in [0.4, 0.5) is 5.82 Å². The van der Waals surface area contributed by atoms with E-state index in [4.69, 9.17) is 4.74 Å². The zero-order chi connectivity index (χ0) is 15.7. The van der Waals surface area contributed by atoms with Crippen LogP contribution >= 0.6 is 0 Å². The van der Waals surface area contributed by atoms with E-state index in [0.29, 0.717) is 11.5 Å². The second-order valence-electron chi connectivity index (χ2n) is 5.37. The molecule has 0 aliphatic heterocycles. The van der Waals surface area contributed by atoms with Gasteiger partial charge in [0, 0.05) is 20.4 Å². The minimum atomic E-state index is -3.76. The van der Waals surface area contributed by atoms with Crippen LogP contribution in [0.5, 0.6) is 0 Å². The number of fused-ring (bicyclic) bond motifs is 1. The maximum Gasteiger partial charge on any atom is 0.260 e. The number of pyridine rings is 1. The molecule has 2 N–H and O–H groups in total. The van der Waals surface area contributed by atoms with E-state index in [1.54, 1.807) is 45.3 Å². The summed E-state index contributed by atoms with van der Waals surface area (Å²) >= 11 is 0. The van der Waals surface area contributed by atoms with Crippen molar-refractivity contribution in [2.45, 2.75) is 24.4 Å². The fourth-order valence-electron chi connectivity index (χ4n) is 2.20. The normalized spacial score (nSPS) is 12.8. The molecule has 2 heterocycles. The largest absolute Gasteiger partial charge is 0.383 e. The van der Waals surface area contributed by atoms with Gasteiger partial charge in [-0.25, -0.2) is 18.1 Å². The zero-order valence-electron chi connectivity index (χ0n) is 12.5. The molecule has 0 atom stereocenters. The van der Waals surface area contributed by atoms with E-state index in [9.17, 15) is 8.42 Å². The number of imidazole rings is 1. The maximum atomic E-state index is 12.7. The second kappa shape index (κ2) is 5.63. The quantitative estimate of drug-likeness (QED) is 0.834. The highest BCUT2D eigenvalue weighted by Crippen LogP contribution is 2.23. The van der Waals surface area contributed by atoms with Crippen LogP contribution in [0.15, 0.2) is 29.4 Å². The van der Waals surface area contributed by atoms with Crippen molar-refractivity contribution in [3.8, 4) is 0 Å². The Kier molecular flexibility index (Phi) is 4.22. The molecule has 2 aromatic heterocycles. The van der Waals surface area contributed by atoms with Crippen LogP contribution in [0.2, 0.25) is 0 Å². The Bertz CT molecular complexity index is 737. The Hall–Kier alpha value is -1.64. The number of hydrogen-bond acceptors (Lipinski definition) is 5. The lowest BCUT2D eigenvalue weighted by Gasteiger charge is -2.24. The van der Waals surface area contributed by atoms with Gasteiger partial charge in [0.1, 0.15) is 5.65 Å². The molecule has 0 saturated heterocycles. The minimum absolute atomic E-state index is 0.0878. The zero-order valence-corrected chi connectivity index (χ0v) is 13.4. The molecule has 0 unspecified atom stereocenters. The summed E-state index contributed by atoms with van der Waals surface area (Å²) in [7, 11) is -0.587. The number of nitrogens with zero attached hydrogens (tertiary/aromatic N) is 2. The highest BCUT2D eigenvalue weighted by molar-refractivity contribution is 7.89. The van der Waals surface area contributed by atoms with Gasteiger partial charge in [-0.15, -0.1) is 0 Å². The summed E-state index contributed by atoms with van der Waals surface area (Å²) in [5, 5.41) is 2.91. The Balaban J connectivity index is 2.54. The van der Waals surface area contributed by atoms with Gasteiger partial charge in [0.15, 0.2) is 10.8 Å². The first-order valence-electron chi connectivity index (χ1n) is 6.48. The van der Waals surface area contributed by atoms with E-state index >= 15 is 0 Å².